The van der Waals surface area contributed by atoms with Gasteiger partial charge in [0, 0.05) is 29.2 Å². The standard InChI is InChI=1S/C27H33ClN6O/c1-6-24(25-30-31-32-34(25)27(4,5)7-2)33(16-19-10-8-9-11-22(19)28)17-21-15-20-14-18(3)12-13-23(20)29-26(21)35/h8-15,24H,6-7,16-17H2,1-5H3,(H,29,35)/t24-/m0/s1. The predicted molar refractivity (Wildman–Crippen MR) is 140 cm³/mol. The molecule has 0 fully saturated rings. The fraction of sp³-hybridized carbons (Fsp3) is 0.407. The number of hydrogen-bond donors (Lipinski definition) is 1. The molecule has 0 spiro atoms. The van der Waals surface area contributed by atoms with Crippen LogP contribution in [0.2, 0.25) is 5.02 Å². The number of H-pyrrole nitrogens is 1. The second-order valence-electron chi connectivity index (χ2n) is 9.75. The molecule has 2 aromatic heterocycles. The van der Waals surface area contributed by atoms with Gasteiger partial charge in [-0.2, -0.15) is 0 Å². The van der Waals surface area contributed by atoms with Gasteiger partial charge in [-0.15, -0.1) is 5.10 Å². The molecule has 0 amide bonds. The lowest BCUT2D eigenvalue weighted by Crippen LogP contribution is -2.36. The lowest BCUT2D eigenvalue weighted by atomic mass is 10.0. The maximum absolute atomic E-state index is 13.1. The summed E-state index contributed by atoms with van der Waals surface area (Å²) in [6.45, 7) is 11.6. The van der Waals surface area contributed by atoms with Gasteiger partial charge in [-0.3, -0.25) is 9.69 Å². The van der Waals surface area contributed by atoms with Crippen LogP contribution in [0.25, 0.3) is 10.9 Å². The number of hydrogen-bond acceptors (Lipinski definition) is 5. The SMILES string of the molecule is CC[C@@H](c1nnnn1C(C)(C)CC)N(Cc1ccccc1Cl)Cc1cc2cc(C)ccc2[nH]c1=O. The average molecular weight is 493 g/mol. The Balaban J connectivity index is 1.80. The molecule has 0 bridgehead atoms. The number of aryl methyl sites for hydroxylation is 1. The van der Waals surface area contributed by atoms with Gasteiger partial charge < -0.3 is 4.98 Å². The highest BCUT2D eigenvalue weighted by atomic mass is 35.5. The Labute approximate surface area is 211 Å². The Kier molecular flexibility index (Phi) is 7.38. The summed E-state index contributed by atoms with van der Waals surface area (Å²) in [5.74, 6) is 0.791. The Hall–Kier alpha value is -3.03. The molecule has 0 radical (unpaired) electrons. The van der Waals surface area contributed by atoms with Crippen molar-refractivity contribution in [3.05, 3.63) is 86.4 Å². The topological polar surface area (TPSA) is 79.7 Å². The van der Waals surface area contributed by atoms with Crippen LogP contribution in [-0.2, 0) is 18.6 Å². The van der Waals surface area contributed by atoms with Crippen LogP contribution >= 0.6 is 11.6 Å². The molecular formula is C27H33ClN6O. The predicted octanol–water partition coefficient (Wildman–Crippen LogP) is 5.78. The number of tetrazole rings is 1. The second kappa shape index (κ2) is 10.3. The molecule has 0 aliphatic heterocycles. The molecule has 35 heavy (non-hydrogen) atoms. The molecule has 1 atom stereocenters. The maximum Gasteiger partial charge on any atom is 0.252 e. The molecule has 0 aliphatic carbocycles. The van der Waals surface area contributed by atoms with Crippen molar-refractivity contribution >= 4 is 22.5 Å². The first kappa shape index (κ1) is 25.1. The number of aromatic nitrogens is 5. The van der Waals surface area contributed by atoms with Crippen molar-refractivity contribution in [2.75, 3.05) is 0 Å². The lowest BCUT2D eigenvalue weighted by molar-refractivity contribution is 0.150. The Morgan fingerprint density at radius 3 is 2.54 bits per heavy atom. The number of benzene rings is 2. The van der Waals surface area contributed by atoms with E-state index in [-0.39, 0.29) is 17.1 Å². The molecule has 2 heterocycles. The molecule has 4 aromatic rings. The van der Waals surface area contributed by atoms with Crippen LogP contribution in [0.3, 0.4) is 0 Å². The van der Waals surface area contributed by atoms with E-state index >= 15 is 0 Å². The number of rotatable bonds is 9. The van der Waals surface area contributed by atoms with E-state index in [2.05, 4.69) is 66.1 Å². The van der Waals surface area contributed by atoms with Gasteiger partial charge in [0.1, 0.15) is 0 Å². The molecule has 0 saturated carbocycles. The summed E-state index contributed by atoms with van der Waals surface area (Å²) < 4.78 is 1.93. The molecule has 0 saturated heterocycles. The van der Waals surface area contributed by atoms with Crippen LogP contribution in [-0.4, -0.2) is 30.1 Å². The van der Waals surface area contributed by atoms with Crippen molar-refractivity contribution in [3.63, 3.8) is 0 Å². The Morgan fingerprint density at radius 2 is 1.83 bits per heavy atom. The van der Waals surface area contributed by atoms with Gasteiger partial charge in [-0.1, -0.05) is 55.3 Å². The van der Waals surface area contributed by atoms with Crippen LogP contribution in [0.1, 0.15) is 69.1 Å². The highest BCUT2D eigenvalue weighted by Crippen LogP contribution is 2.31. The van der Waals surface area contributed by atoms with E-state index in [0.717, 1.165) is 40.7 Å². The molecule has 8 heteroatoms. The number of nitrogens with one attached hydrogen (secondary N) is 1. The Morgan fingerprint density at radius 1 is 1.09 bits per heavy atom. The first-order valence-corrected chi connectivity index (χ1v) is 12.5. The van der Waals surface area contributed by atoms with Crippen LogP contribution in [0.4, 0.5) is 0 Å². The Bertz CT molecular complexity index is 1380. The molecule has 7 nitrogen and oxygen atoms in total. The summed E-state index contributed by atoms with van der Waals surface area (Å²) in [4.78, 5) is 18.4. The summed E-state index contributed by atoms with van der Waals surface area (Å²) in [6.07, 6.45) is 1.66. The van der Waals surface area contributed by atoms with E-state index < -0.39 is 0 Å². The minimum atomic E-state index is -0.236. The van der Waals surface area contributed by atoms with E-state index in [1.165, 1.54) is 0 Å². The van der Waals surface area contributed by atoms with E-state index in [0.29, 0.717) is 23.7 Å². The van der Waals surface area contributed by atoms with Gasteiger partial charge >= 0.3 is 0 Å². The van der Waals surface area contributed by atoms with Crippen molar-refractivity contribution in [1.29, 1.82) is 0 Å². The fourth-order valence-electron chi connectivity index (χ4n) is 4.42. The van der Waals surface area contributed by atoms with Gasteiger partial charge in [-0.25, -0.2) is 4.68 Å². The molecule has 4 rings (SSSR count). The number of nitrogens with zero attached hydrogens (tertiary/aromatic N) is 5. The van der Waals surface area contributed by atoms with Gasteiger partial charge in [0.15, 0.2) is 5.82 Å². The van der Waals surface area contributed by atoms with Gasteiger partial charge in [0.2, 0.25) is 0 Å². The van der Waals surface area contributed by atoms with Crippen molar-refractivity contribution in [2.45, 2.75) is 72.1 Å². The van der Waals surface area contributed by atoms with E-state index in [9.17, 15) is 4.79 Å². The average Bonchev–Trinajstić information content (AvgIpc) is 3.32. The highest BCUT2D eigenvalue weighted by molar-refractivity contribution is 6.31. The molecule has 0 aliphatic rings. The number of fused-ring (bicyclic) bond motifs is 1. The van der Waals surface area contributed by atoms with Gasteiger partial charge in [-0.05, 0) is 79.3 Å². The van der Waals surface area contributed by atoms with Crippen molar-refractivity contribution in [1.82, 2.24) is 30.1 Å². The smallest absolute Gasteiger partial charge is 0.252 e. The number of pyridine rings is 1. The molecule has 184 valence electrons. The highest BCUT2D eigenvalue weighted by Gasteiger charge is 2.31. The summed E-state index contributed by atoms with van der Waals surface area (Å²) in [5.41, 5.74) is 3.35. The van der Waals surface area contributed by atoms with Crippen molar-refractivity contribution in [3.8, 4) is 0 Å². The van der Waals surface area contributed by atoms with Crippen LogP contribution in [0, 0.1) is 6.92 Å². The fourth-order valence-corrected chi connectivity index (χ4v) is 4.61. The van der Waals surface area contributed by atoms with E-state index in [1.54, 1.807) is 0 Å². The maximum atomic E-state index is 13.1. The number of halogens is 1. The molecule has 0 unspecified atom stereocenters. The second-order valence-corrected chi connectivity index (χ2v) is 10.2. The summed E-state index contributed by atoms with van der Waals surface area (Å²) >= 11 is 6.56. The van der Waals surface area contributed by atoms with Crippen LogP contribution < -0.4 is 5.56 Å². The van der Waals surface area contributed by atoms with Crippen LogP contribution in [0.15, 0.2) is 53.3 Å². The third kappa shape index (κ3) is 5.31. The lowest BCUT2D eigenvalue weighted by Gasteiger charge is -2.33. The summed E-state index contributed by atoms with van der Waals surface area (Å²) in [5, 5.41) is 14.5. The van der Waals surface area contributed by atoms with E-state index in [1.807, 2.05) is 47.1 Å². The quantitative estimate of drug-likeness (QED) is 0.320. The van der Waals surface area contributed by atoms with Crippen LogP contribution in [0.5, 0.6) is 0 Å². The van der Waals surface area contributed by atoms with Crippen molar-refractivity contribution in [2.24, 2.45) is 0 Å². The first-order valence-electron chi connectivity index (χ1n) is 12.1. The minimum absolute atomic E-state index is 0.0890. The first-order chi connectivity index (χ1) is 16.7. The zero-order valence-corrected chi connectivity index (χ0v) is 21.8. The third-order valence-electron chi connectivity index (χ3n) is 6.84. The largest absolute Gasteiger partial charge is 0.322 e. The number of aromatic amines is 1. The monoisotopic (exact) mass is 492 g/mol. The normalized spacial score (nSPS) is 13.0. The molecule has 2 aromatic carbocycles. The zero-order chi connectivity index (χ0) is 25.2. The molecule has 1 N–H and O–H groups in total. The summed E-state index contributed by atoms with van der Waals surface area (Å²) in [6, 6.07) is 15.8. The minimum Gasteiger partial charge on any atom is -0.322 e. The third-order valence-corrected chi connectivity index (χ3v) is 7.21. The molecular weight excluding hydrogens is 460 g/mol. The summed E-state index contributed by atoms with van der Waals surface area (Å²) in [7, 11) is 0. The van der Waals surface area contributed by atoms with E-state index in [4.69, 9.17) is 11.6 Å². The van der Waals surface area contributed by atoms with Gasteiger partial charge in [0.25, 0.3) is 5.56 Å². The zero-order valence-electron chi connectivity index (χ0n) is 21.0. The van der Waals surface area contributed by atoms with Gasteiger partial charge in [0.05, 0.1) is 11.6 Å². The van der Waals surface area contributed by atoms with Crippen molar-refractivity contribution < 1.29 is 0 Å².